The third-order valence-electron chi connectivity index (χ3n) is 2.84. The van der Waals surface area contributed by atoms with Crippen molar-refractivity contribution in [2.75, 3.05) is 0 Å². The molecule has 19 heavy (non-hydrogen) atoms. The molecular formula is C13H13FN2O3. The van der Waals surface area contributed by atoms with Gasteiger partial charge in [0.1, 0.15) is 6.61 Å². The number of benzene rings is 1. The number of hydrogen-bond donors (Lipinski definition) is 0. The Labute approximate surface area is 108 Å². The van der Waals surface area contributed by atoms with Crippen LogP contribution in [0.25, 0.3) is 0 Å². The third kappa shape index (κ3) is 2.57. The Morgan fingerprint density at radius 1 is 1.16 bits per heavy atom. The van der Waals surface area contributed by atoms with Crippen molar-refractivity contribution in [1.29, 1.82) is 0 Å². The Morgan fingerprint density at radius 3 is 2.53 bits per heavy atom. The highest BCUT2D eigenvalue weighted by atomic mass is 19.1. The second-order valence-corrected chi connectivity index (χ2v) is 4.09. The second kappa shape index (κ2) is 5.09. The Morgan fingerprint density at radius 2 is 1.84 bits per heavy atom. The fourth-order valence-corrected chi connectivity index (χ4v) is 1.63. The summed E-state index contributed by atoms with van der Waals surface area (Å²) in [7, 11) is 2.92. The molecule has 0 saturated heterocycles. The number of halogens is 1. The van der Waals surface area contributed by atoms with Crippen LogP contribution in [-0.4, -0.2) is 9.13 Å². The summed E-state index contributed by atoms with van der Waals surface area (Å²) in [6.45, 7) is -0.0528. The zero-order valence-corrected chi connectivity index (χ0v) is 10.6. The van der Waals surface area contributed by atoms with Gasteiger partial charge in [-0.3, -0.25) is 13.9 Å². The van der Waals surface area contributed by atoms with Crippen molar-refractivity contribution in [2.45, 2.75) is 6.61 Å². The lowest BCUT2D eigenvalue weighted by atomic mass is 10.3. The molecule has 100 valence electrons. The SMILES string of the molecule is Cn1c(COc2ccccc2F)cc(=O)n(C)c1=O. The van der Waals surface area contributed by atoms with E-state index in [0.717, 1.165) is 4.57 Å². The third-order valence-corrected chi connectivity index (χ3v) is 2.84. The van der Waals surface area contributed by atoms with Gasteiger partial charge >= 0.3 is 5.69 Å². The minimum absolute atomic E-state index is 0.0528. The van der Waals surface area contributed by atoms with Crippen LogP contribution in [0.5, 0.6) is 5.75 Å². The van der Waals surface area contributed by atoms with Crippen LogP contribution >= 0.6 is 0 Å². The molecule has 0 fully saturated rings. The highest BCUT2D eigenvalue weighted by Crippen LogP contribution is 2.16. The van der Waals surface area contributed by atoms with Gasteiger partial charge < -0.3 is 4.74 Å². The average molecular weight is 264 g/mol. The van der Waals surface area contributed by atoms with E-state index in [1.807, 2.05) is 0 Å². The minimum Gasteiger partial charge on any atom is -0.484 e. The van der Waals surface area contributed by atoms with Crippen LogP contribution in [0.4, 0.5) is 4.39 Å². The number of aromatic nitrogens is 2. The maximum absolute atomic E-state index is 13.4. The summed E-state index contributed by atoms with van der Waals surface area (Å²) in [4.78, 5) is 23.2. The molecule has 6 heteroatoms. The van der Waals surface area contributed by atoms with Crippen molar-refractivity contribution in [1.82, 2.24) is 9.13 Å². The molecule has 0 N–H and O–H groups in total. The fraction of sp³-hybridized carbons (Fsp3) is 0.231. The molecule has 0 unspecified atom stereocenters. The lowest BCUT2D eigenvalue weighted by molar-refractivity contribution is 0.279. The van der Waals surface area contributed by atoms with Crippen LogP contribution in [0, 0.1) is 5.82 Å². The number of ether oxygens (including phenoxy) is 1. The lowest BCUT2D eigenvalue weighted by Crippen LogP contribution is -2.38. The molecular weight excluding hydrogens is 251 g/mol. The van der Waals surface area contributed by atoms with Crippen LogP contribution in [0.2, 0.25) is 0 Å². The predicted molar refractivity (Wildman–Crippen MR) is 67.7 cm³/mol. The first-order chi connectivity index (χ1) is 9.00. The van der Waals surface area contributed by atoms with E-state index in [1.165, 1.54) is 36.9 Å². The quantitative estimate of drug-likeness (QED) is 0.824. The maximum atomic E-state index is 13.4. The number of para-hydroxylation sites is 1. The summed E-state index contributed by atoms with van der Waals surface area (Å²) in [5.74, 6) is -0.410. The number of hydrogen-bond acceptors (Lipinski definition) is 3. The largest absolute Gasteiger partial charge is 0.484 e. The van der Waals surface area contributed by atoms with Crippen molar-refractivity contribution in [3.05, 3.63) is 62.7 Å². The van der Waals surface area contributed by atoms with Gasteiger partial charge in [-0.05, 0) is 12.1 Å². The Kier molecular flexibility index (Phi) is 3.50. The van der Waals surface area contributed by atoms with Crippen LogP contribution in [-0.2, 0) is 20.7 Å². The van der Waals surface area contributed by atoms with Crippen molar-refractivity contribution < 1.29 is 9.13 Å². The smallest absolute Gasteiger partial charge is 0.330 e. The van der Waals surface area contributed by atoms with E-state index in [2.05, 4.69) is 0 Å². The zero-order chi connectivity index (χ0) is 14.0. The topological polar surface area (TPSA) is 53.2 Å². The van der Waals surface area contributed by atoms with E-state index in [-0.39, 0.29) is 12.4 Å². The van der Waals surface area contributed by atoms with Gasteiger partial charge in [0.15, 0.2) is 11.6 Å². The summed E-state index contributed by atoms with van der Waals surface area (Å²) in [6, 6.07) is 7.24. The van der Waals surface area contributed by atoms with Crippen molar-refractivity contribution >= 4 is 0 Å². The first-order valence-corrected chi connectivity index (χ1v) is 5.64. The average Bonchev–Trinajstić information content (AvgIpc) is 2.40. The Bertz CT molecular complexity index is 719. The molecule has 0 spiro atoms. The van der Waals surface area contributed by atoms with Gasteiger partial charge in [0.25, 0.3) is 5.56 Å². The van der Waals surface area contributed by atoms with E-state index in [0.29, 0.717) is 5.69 Å². The minimum atomic E-state index is -0.490. The second-order valence-electron chi connectivity index (χ2n) is 4.09. The monoisotopic (exact) mass is 264 g/mol. The fourth-order valence-electron chi connectivity index (χ4n) is 1.63. The Balaban J connectivity index is 2.29. The van der Waals surface area contributed by atoms with E-state index in [4.69, 9.17) is 4.74 Å². The van der Waals surface area contributed by atoms with Crippen molar-refractivity contribution in [2.24, 2.45) is 14.1 Å². The highest BCUT2D eigenvalue weighted by molar-refractivity contribution is 5.23. The van der Waals surface area contributed by atoms with E-state index >= 15 is 0 Å². The van der Waals surface area contributed by atoms with Crippen LogP contribution < -0.4 is 16.0 Å². The molecule has 5 nitrogen and oxygen atoms in total. The van der Waals surface area contributed by atoms with Gasteiger partial charge in [-0.1, -0.05) is 12.1 Å². The lowest BCUT2D eigenvalue weighted by Gasteiger charge is -2.11. The van der Waals surface area contributed by atoms with Gasteiger partial charge in [0.05, 0.1) is 5.69 Å². The van der Waals surface area contributed by atoms with Crippen LogP contribution in [0.15, 0.2) is 39.9 Å². The molecule has 0 radical (unpaired) electrons. The molecule has 2 rings (SSSR count). The summed E-state index contributed by atoms with van der Waals surface area (Å²) in [6.07, 6.45) is 0. The van der Waals surface area contributed by atoms with Crippen molar-refractivity contribution in [3.8, 4) is 5.75 Å². The zero-order valence-electron chi connectivity index (χ0n) is 10.6. The summed E-state index contributed by atoms with van der Waals surface area (Å²) in [5.41, 5.74) is -0.480. The highest BCUT2D eigenvalue weighted by Gasteiger charge is 2.08. The first kappa shape index (κ1) is 13.1. The predicted octanol–water partition coefficient (Wildman–Crippen LogP) is 0.802. The standard InChI is InChI=1S/C13H13FN2O3/c1-15-9(7-12(17)16(2)13(15)18)8-19-11-6-4-3-5-10(11)14/h3-7H,8H2,1-2H3. The van der Waals surface area contributed by atoms with E-state index in [9.17, 15) is 14.0 Å². The van der Waals surface area contributed by atoms with Crippen molar-refractivity contribution in [3.63, 3.8) is 0 Å². The summed E-state index contributed by atoms with van der Waals surface area (Å²) >= 11 is 0. The van der Waals surface area contributed by atoms with Gasteiger partial charge in [-0.15, -0.1) is 0 Å². The van der Waals surface area contributed by atoms with Crippen LogP contribution in [0.1, 0.15) is 5.69 Å². The summed E-state index contributed by atoms with van der Waals surface area (Å²) < 4.78 is 20.9. The molecule has 1 aromatic heterocycles. The molecule has 2 aromatic rings. The summed E-state index contributed by atoms with van der Waals surface area (Å²) in [5, 5.41) is 0. The molecule has 1 heterocycles. The molecule has 0 aliphatic heterocycles. The Hall–Kier alpha value is -2.37. The molecule has 0 saturated carbocycles. The van der Waals surface area contributed by atoms with E-state index in [1.54, 1.807) is 12.1 Å². The van der Waals surface area contributed by atoms with E-state index < -0.39 is 17.1 Å². The van der Waals surface area contributed by atoms with Gasteiger partial charge in [-0.25, -0.2) is 9.18 Å². The molecule has 0 bridgehead atoms. The first-order valence-electron chi connectivity index (χ1n) is 5.64. The van der Waals surface area contributed by atoms with Crippen LogP contribution in [0.3, 0.4) is 0 Å². The molecule has 1 aromatic carbocycles. The van der Waals surface area contributed by atoms with Gasteiger partial charge in [0, 0.05) is 20.2 Å². The molecule has 0 atom stereocenters. The molecule has 0 aliphatic carbocycles. The normalized spacial score (nSPS) is 10.5. The number of nitrogens with zero attached hydrogens (tertiary/aromatic N) is 2. The number of rotatable bonds is 3. The molecule has 0 amide bonds. The van der Waals surface area contributed by atoms with Gasteiger partial charge in [0.2, 0.25) is 0 Å². The maximum Gasteiger partial charge on any atom is 0.330 e. The molecule has 0 aliphatic rings. The van der Waals surface area contributed by atoms with Gasteiger partial charge in [-0.2, -0.15) is 0 Å².